The first kappa shape index (κ1) is 17.8. The molecule has 0 aliphatic carbocycles. The summed E-state index contributed by atoms with van der Waals surface area (Å²) in [6.45, 7) is 2.03. The number of amides is 1. The molecule has 4 heteroatoms. The lowest BCUT2D eigenvalue weighted by Gasteiger charge is -2.18. The van der Waals surface area contributed by atoms with Crippen molar-refractivity contribution in [3.05, 3.63) is 72.3 Å². The number of carbonyl (C=O) groups is 1. The van der Waals surface area contributed by atoms with Crippen molar-refractivity contribution in [2.24, 2.45) is 0 Å². The molecule has 0 aliphatic heterocycles. The number of carbonyl (C=O) groups excluding carboxylic acids is 1. The molecule has 0 saturated heterocycles. The van der Waals surface area contributed by atoms with E-state index in [0.29, 0.717) is 0 Å². The van der Waals surface area contributed by atoms with E-state index in [0.717, 1.165) is 34.3 Å². The van der Waals surface area contributed by atoms with Crippen molar-refractivity contribution in [3.63, 3.8) is 0 Å². The second-order valence-electron chi connectivity index (χ2n) is 6.07. The van der Waals surface area contributed by atoms with E-state index in [1.807, 2.05) is 73.7 Å². The maximum Gasteiger partial charge on any atom is 0.258 e. The van der Waals surface area contributed by atoms with Gasteiger partial charge in [0.2, 0.25) is 0 Å². The summed E-state index contributed by atoms with van der Waals surface area (Å²) < 4.78 is 10.9. The molecule has 0 heterocycles. The Morgan fingerprint density at radius 2 is 1.73 bits per heavy atom. The predicted molar refractivity (Wildman–Crippen MR) is 104 cm³/mol. The third-order valence-electron chi connectivity index (χ3n) is 4.37. The first-order chi connectivity index (χ1) is 12.7. The van der Waals surface area contributed by atoms with Gasteiger partial charge in [-0.2, -0.15) is 0 Å². The van der Waals surface area contributed by atoms with Gasteiger partial charge >= 0.3 is 0 Å². The van der Waals surface area contributed by atoms with E-state index in [1.54, 1.807) is 7.11 Å². The van der Waals surface area contributed by atoms with Gasteiger partial charge < -0.3 is 14.8 Å². The summed E-state index contributed by atoms with van der Waals surface area (Å²) in [4.78, 5) is 12.4. The third kappa shape index (κ3) is 4.14. The van der Waals surface area contributed by atoms with Crippen LogP contribution in [0.3, 0.4) is 0 Å². The molecule has 134 valence electrons. The second-order valence-corrected chi connectivity index (χ2v) is 6.07. The summed E-state index contributed by atoms with van der Waals surface area (Å²) in [7, 11) is 1.64. The molecular weight excluding hydrogens is 326 g/mol. The molecule has 4 nitrogen and oxygen atoms in total. The fourth-order valence-electron chi connectivity index (χ4n) is 2.96. The molecule has 0 radical (unpaired) electrons. The number of hydrogen-bond acceptors (Lipinski definition) is 3. The molecule has 0 unspecified atom stereocenters. The molecule has 0 fully saturated rings. The highest BCUT2D eigenvalue weighted by Crippen LogP contribution is 2.25. The van der Waals surface area contributed by atoms with Crippen LogP contribution >= 0.6 is 0 Å². The van der Waals surface area contributed by atoms with Crippen LogP contribution in [0.2, 0.25) is 0 Å². The van der Waals surface area contributed by atoms with Gasteiger partial charge in [-0.15, -0.1) is 0 Å². The van der Waals surface area contributed by atoms with Crippen molar-refractivity contribution in [3.8, 4) is 11.5 Å². The monoisotopic (exact) mass is 349 g/mol. The standard InChI is InChI=1S/C22H23NO3/c1-3-20(17-11-13-18(25-2)14-12-17)23-22(24)15-26-21-10-6-8-16-7-4-5-9-19(16)21/h4-14,20H,3,15H2,1-2H3,(H,23,24)/t20-/m1/s1. The van der Waals surface area contributed by atoms with Gasteiger partial charge in [-0.3, -0.25) is 4.79 Å². The van der Waals surface area contributed by atoms with E-state index in [4.69, 9.17) is 9.47 Å². The first-order valence-corrected chi connectivity index (χ1v) is 8.75. The summed E-state index contributed by atoms with van der Waals surface area (Å²) in [5, 5.41) is 5.13. The molecule has 26 heavy (non-hydrogen) atoms. The fraction of sp³-hybridized carbons (Fsp3) is 0.227. The number of rotatable bonds is 7. The Bertz CT molecular complexity index is 869. The minimum Gasteiger partial charge on any atom is -0.497 e. The van der Waals surface area contributed by atoms with E-state index in [1.165, 1.54) is 0 Å². The van der Waals surface area contributed by atoms with Crippen molar-refractivity contribution in [1.82, 2.24) is 5.32 Å². The normalized spacial score (nSPS) is 11.8. The lowest BCUT2D eigenvalue weighted by atomic mass is 10.0. The van der Waals surface area contributed by atoms with Gasteiger partial charge in [-0.05, 0) is 35.6 Å². The number of methoxy groups -OCH3 is 1. The van der Waals surface area contributed by atoms with Crippen LogP contribution in [0.25, 0.3) is 10.8 Å². The average Bonchev–Trinajstić information content (AvgIpc) is 2.70. The molecule has 1 N–H and O–H groups in total. The molecule has 0 aromatic heterocycles. The lowest BCUT2D eigenvalue weighted by Crippen LogP contribution is -2.32. The minimum atomic E-state index is -0.138. The lowest BCUT2D eigenvalue weighted by molar-refractivity contribution is -0.123. The van der Waals surface area contributed by atoms with Crippen molar-refractivity contribution in [1.29, 1.82) is 0 Å². The number of fused-ring (bicyclic) bond motifs is 1. The quantitative estimate of drug-likeness (QED) is 0.683. The van der Waals surface area contributed by atoms with Crippen molar-refractivity contribution < 1.29 is 14.3 Å². The van der Waals surface area contributed by atoms with Crippen molar-refractivity contribution in [2.75, 3.05) is 13.7 Å². The van der Waals surface area contributed by atoms with Crippen LogP contribution in [0.1, 0.15) is 24.9 Å². The van der Waals surface area contributed by atoms with Gasteiger partial charge in [0.05, 0.1) is 13.2 Å². The number of benzene rings is 3. The van der Waals surface area contributed by atoms with Crippen LogP contribution in [0.4, 0.5) is 0 Å². The molecule has 3 aromatic carbocycles. The van der Waals surface area contributed by atoms with E-state index >= 15 is 0 Å². The fourth-order valence-corrected chi connectivity index (χ4v) is 2.96. The van der Waals surface area contributed by atoms with Gasteiger partial charge in [0.15, 0.2) is 6.61 Å². The SMILES string of the molecule is CC[C@@H](NC(=O)COc1cccc2ccccc12)c1ccc(OC)cc1. The Balaban J connectivity index is 1.63. The molecule has 0 saturated carbocycles. The van der Waals surface area contributed by atoms with Crippen LogP contribution in [-0.2, 0) is 4.79 Å². The Hall–Kier alpha value is -3.01. The van der Waals surface area contributed by atoms with Gasteiger partial charge in [-0.25, -0.2) is 0 Å². The van der Waals surface area contributed by atoms with Gasteiger partial charge in [0.1, 0.15) is 11.5 Å². The zero-order chi connectivity index (χ0) is 18.4. The Labute approximate surface area is 153 Å². The van der Waals surface area contributed by atoms with Crippen LogP contribution < -0.4 is 14.8 Å². The molecule has 3 aromatic rings. The van der Waals surface area contributed by atoms with Gasteiger partial charge in [0, 0.05) is 5.39 Å². The van der Waals surface area contributed by atoms with Crippen LogP contribution in [0, 0.1) is 0 Å². The number of nitrogens with one attached hydrogen (secondary N) is 1. The smallest absolute Gasteiger partial charge is 0.258 e. The summed E-state index contributed by atoms with van der Waals surface area (Å²) in [6, 6.07) is 21.5. The Morgan fingerprint density at radius 1 is 1.00 bits per heavy atom. The zero-order valence-corrected chi connectivity index (χ0v) is 15.1. The summed E-state index contributed by atoms with van der Waals surface area (Å²) in [5.74, 6) is 1.38. The highest BCUT2D eigenvalue weighted by atomic mass is 16.5. The molecule has 0 aliphatic rings. The molecule has 1 atom stereocenters. The van der Waals surface area contributed by atoms with Gasteiger partial charge in [-0.1, -0.05) is 55.5 Å². The van der Waals surface area contributed by atoms with Gasteiger partial charge in [0.25, 0.3) is 5.91 Å². The zero-order valence-electron chi connectivity index (χ0n) is 15.1. The largest absolute Gasteiger partial charge is 0.497 e. The first-order valence-electron chi connectivity index (χ1n) is 8.75. The molecule has 0 spiro atoms. The topological polar surface area (TPSA) is 47.6 Å². The highest BCUT2D eigenvalue weighted by molar-refractivity contribution is 5.88. The number of hydrogen-bond donors (Lipinski definition) is 1. The molecule has 0 bridgehead atoms. The van der Waals surface area contributed by atoms with E-state index in [9.17, 15) is 4.79 Å². The Morgan fingerprint density at radius 3 is 2.46 bits per heavy atom. The van der Waals surface area contributed by atoms with E-state index in [2.05, 4.69) is 5.32 Å². The van der Waals surface area contributed by atoms with Crippen LogP contribution in [0.5, 0.6) is 11.5 Å². The van der Waals surface area contributed by atoms with Crippen LogP contribution in [0.15, 0.2) is 66.7 Å². The molecular formula is C22H23NO3. The van der Waals surface area contributed by atoms with E-state index in [-0.39, 0.29) is 18.6 Å². The second kappa shape index (κ2) is 8.39. The maximum atomic E-state index is 12.4. The number of ether oxygens (including phenoxy) is 2. The summed E-state index contributed by atoms with van der Waals surface area (Å²) in [5.41, 5.74) is 1.05. The minimum absolute atomic E-state index is 0.0132. The van der Waals surface area contributed by atoms with Crippen molar-refractivity contribution in [2.45, 2.75) is 19.4 Å². The van der Waals surface area contributed by atoms with Crippen molar-refractivity contribution >= 4 is 16.7 Å². The molecule has 3 rings (SSSR count). The summed E-state index contributed by atoms with van der Waals surface area (Å²) >= 11 is 0. The summed E-state index contributed by atoms with van der Waals surface area (Å²) in [6.07, 6.45) is 0.798. The predicted octanol–water partition coefficient (Wildman–Crippen LogP) is 4.49. The van der Waals surface area contributed by atoms with Crippen LogP contribution in [-0.4, -0.2) is 19.6 Å². The van der Waals surface area contributed by atoms with E-state index < -0.39 is 0 Å². The maximum absolute atomic E-state index is 12.4. The average molecular weight is 349 g/mol. The molecule has 1 amide bonds. The highest BCUT2D eigenvalue weighted by Gasteiger charge is 2.13. The third-order valence-corrected chi connectivity index (χ3v) is 4.37. The Kier molecular flexibility index (Phi) is 5.74.